The van der Waals surface area contributed by atoms with Crippen molar-refractivity contribution in [3.8, 4) is 0 Å². The summed E-state index contributed by atoms with van der Waals surface area (Å²) >= 11 is 0. The summed E-state index contributed by atoms with van der Waals surface area (Å²) in [6.45, 7) is 20.0. The molecule has 2 aromatic rings. The second-order valence-corrected chi connectivity index (χ2v) is 30.5. The molecule has 2 aliphatic heterocycles. The third-order valence-electron chi connectivity index (χ3n) is 20.6. The number of urea groups is 1. The number of carbonyl (C=O) groups is 11. The zero-order chi connectivity index (χ0) is 87.6. The van der Waals surface area contributed by atoms with Gasteiger partial charge in [0.2, 0.25) is 47.3 Å². The first-order valence-electron chi connectivity index (χ1n) is 40.7. The van der Waals surface area contributed by atoms with E-state index in [0.717, 1.165) is 9.80 Å². The van der Waals surface area contributed by atoms with Gasteiger partial charge in [0.1, 0.15) is 36.8 Å². The monoisotopic (exact) mass is 1680 g/mol. The summed E-state index contributed by atoms with van der Waals surface area (Å²) < 4.78 is 98.0. The lowest BCUT2D eigenvalue weighted by molar-refractivity contribution is -0.175. The second-order valence-electron chi connectivity index (χ2n) is 30.5. The predicted molar refractivity (Wildman–Crippen MR) is 429 cm³/mol. The molecule has 0 radical (unpaired) electrons. The van der Waals surface area contributed by atoms with E-state index >= 15 is 0 Å². The van der Waals surface area contributed by atoms with Gasteiger partial charge in [0.15, 0.2) is 0 Å². The first-order chi connectivity index (χ1) is 56.1. The Kier molecular flexibility index (Phi) is 46.7. The van der Waals surface area contributed by atoms with Crippen LogP contribution in [0.1, 0.15) is 138 Å². The number of aliphatic hydroxyl groups is 1. The van der Waals surface area contributed by atoms with Crippen LogP contribution in [0.5, 0.6) is 0 Å². The molecule has 2 aromatic carbocycles. The van der Waals surface area contributed by atoms with Gasteiger partial charge in [0.25, 0.3) is 0 Å². The van der Waals surface area contributed by atoms with Gasteiger partial charge in [-0.1, -0.05) is 111 Å². The van der Waals surface area contributed by atoms with Crippen LogP contribution in [0.2, 0.25) is 0 Å². The lowest BCUT2D eigenvalue weighted by atomic mass is 9.89. The normalized spacial score (nSPS) is 18.7. The number of rotatable bonds is 37. The molecule has 2 aliphatic rings. The van der Waals surface area contributed by atoms with Crippen molar-refractivity contribution in [2.75, 3.05) is 152 Å². The molecule has 0 spiro atoms. The number of ether oxygens (including phenoxy) is 10. The van der Waals surface area contributed by atoms with Gasteiger partial charge < -0.3 is 110 Å². The topological polar surface area (TPSA) is 423 Å². The second kappa shape index (κ2) is 54.0. The highest BCUT2D eigenvalue weighted by Crippen LogP contribution is 2.31. The summed E-state index contributed by atoms with van der Waals surface area (Å²) in [4.78, 5) is 157. The van der Waals surface area contributed by atoms with E-state index in [0.29, 0.717) is 63.4 Å². The van der Waals surface area contributed by atoms with E-state index in [1.807, 2.05) is 19.9 Å². The third-order valence-corrected chi connectivity index (χ3v) is 20.6. The number of nitrogens with zero attached hydrogens (tertiary/aromatic N) is 4. The van der Waals surface area contributed by atoms with Crippen molar-refractivity contribution >= 4 is 71.0 Å². The van der Waals surface area contributed by atoms with Crippen LogP contribution in [0.3, 0.4) is 0 Å². The number of hydrogen-bond donors (Lipinski definition) is 9. The fourth-order valence-electron chi connectivity index (χ4n) is 13.8. The Balaban J connectivity index is 1.41. The fraction of sp³-hybridized carbons (Fsp3) is 0.716. The van der Waals surface area contributed by atoms with E-state index in [1.165, 1.54) is 38.3 Å². The number of methoxy groups -OCH3 is 2. The molecule has 12 amide bonds. The number of nitrogens with two attached hydrogens (primary N) is 1. The van der Waals surface area contributed by atoms with Gasteiger partial charge in [-0.2, -0.15) is 13.2 Å². The maximum atomic E-state index is 14.9. The molecule has 13 atom stereocenters. The molecule has 0 bridgehead atoms. The smallest absolute Gasteiger partial charge is 0.445 e. The van der Waals surface area contributed by atoms with Gasteiger partial charge in [-0.15, -0.1) is 0 Å². The predicted octanol–water partition coefficient (Wildman–Crippen LogP) is 4.38. The molecule has 4 rings (SSSR count). The van der Waals surface area contributed by atoms with Crippen molar-refractivity contribution in [3.05, 3.63) is 65.7 Å². The zero-order valence-electron chi connectivity index (χ0n) is 71.0. The maximum Gasteiger partial charge on any atom is 0.471 e. The molecule has 2 fully saturated rings. The number of aliphatic hydroxyl groups excluding tert-OH is 1. The van der Waals surface area contributed by atoms with E-state index in [-0.39, 0.29) is 135 Å². The largest absolute Gasteiger partial charge is 0.471 e. The third kappa shape index (κ3) is 35.1. The van der Waals surface area contributed by atoms with Gasteiger partial charge in [0.05, 0.1) is 141 Å². The minimum atomic E-state index is -5.42. The summed E-state index contributed by atoms with van der Waals surface area (Å²) in [7, 11) is 5.98. The highest BCUT2D eigenvalue weighted by molar-refractivity contribution is 5.99. The molecular formula is C81H131F3N12O22. The fourth-order valence-corrected chi connectivity index (χ4v) is 13.8. The van der Waals surface area contributed by atoms with E-state index in [9.17, 15) is 71.0 Å². The number of likely N-dealkylation sites (tertiary alicyclic amines) is 1. The molecule has 2 saturated heterocycles. The van der Waals surface area contributed by atoms with Gasteiger partial charge in [-0.25, -0.2) is 9.59 Å². The SMILES string of the molecule is CC[C@H](C)[C@@H]([C@@H](CC(=O)N1CCC[C@H]1[C@H](OC)[C@@H](C)C(=O)N[C@H](C)[C@@H](O)c1ccccc1)OC)N(C)C(=O)[C@@H](NC(=O)[C@H](C(C)C)N(C)C(=O)OCc1ccc(NC(=O)[C@H](CCCNC(N)=O)NC(=O)[C@@H](NC(=O)CC[C@H](NC(=O)C(F)(F)F)C(=O)N2CCOCCOCCOCCOCCOCCOCCOCC2)C(C)C)cc1)C(C)C. The van der Waals surface area contributed by atoms with Gasteiger partial charge in [-0.3, -0.25) is 48.1 Å². The Hall–Kier alpha value is -8.40. The first-order valence-corrected chi connectivity index (χ1v) is 40.7. The van der Waals surface area contributed by atoms with Crippen LogP contribution in [-0.2, 0) is 97.1 Å². The molecule has 0 saturated carbocycles. The molecule has 0 unspecified atom stereocenters. The summed E-state index contributed by atoms with van der Waals surface area (Å²) in [5, 5.41) is 28.9. The lowest BCUT2D eigenvalue weighted by Gasteiger charge is -2.41. The molecular weight excluding hydrogens is 1550 g/mol. The summed E-state index contributed by atoms with van der Waals surface area (Å²) in [5.41, 5.74) is 6.60. The molecule has 10 N–H and O–H groups in total. The quantitative estimate of drug-likeness (QED) is 0.0424. The minimum Gasteiger partial charge on any atom is -0.445 e. The molecule has 0 aliphatic carbocycles. The van der Waals surface area contributed by atoms with Crippen LogP contribution in [0.15, 0.2) is 54.6 Å². The number of nitrogens with one attached hydrogen (secondary N) is 7. The minimum absolute atomic E-state index is 0.00864. The first kappa shape index (κ1) is 102. The standard InChI is InChI=1S/C81H131F3N12O22/c1-15-54(8)69(63(109-13)49-65(98)96-32-20-24-62(96)71(110-14)55(9)72(100)87-56(10)70(99)58-21-17-16-18-22-58)93(11)77(105)67(52(4)5)92-75(103)68(53(6)7)94(12)80(108)118-50-57-25-27-59(28-26-57)88-73(101)60(23-19-31-86-79(85)107)89-74(102)66(51(2)3)91-64(97)30-29-61(90-78(106)81(82,83)84)76(104)95-33-35-111-37-39-113-41-43-115-45-47-117-48-46-116-44-42-114-40-38-112-36-34-95/h16-18,21-22,25-28,51-56,60-63,66-71,99H,15,19-20,23-24,29-50H2,1-14H3,(H,87,100)(H,88,101)(H,89,102)(H,90,106)(H,91,97)(H,92,103)(H3,85,86,107)/t54-,55+,56+,60-,61-,62-,63+,66-,67-,68-,69-,70+,71+/m0/s1. The van der Waals surface area contributed by atoms with Crippen LogP contribution in [0, 0.1) is 29.6 Å². The number of amides is 12. The molecule has 0 aromatic heterocycles. The van der Waals surface area contributed by atoms with Crippen molar-refractivity contribution < 1.29 is 118 Å². The van der Waals surface area contributed by atoms with Crippen LogP contribution < -0.4 is 43.0 Å². The van der Waals surface area contributed by atoms with Crippen LogP contribution in [0.25, 0.3) is 0 Å². The highest BCUT2D eigenvalue weighted by atomic mass is 19.4. The molecule has 118 heavy (non-hydrogen) atoms. The highest BCUT2D eigenvalue weighted by Gasteiger charge is 2.46. The van der Waals surface area contributed by atoms with E-state index in [2.05, 4.69) is 31.9 Å². The Labute approximate surface area is 691 Å². The van der Waals surface area contributed by atoms with E-state index in [4.69, 9.17) is 53.1 Å². The summed E-state index contributed by atoms with van der Waals surface area (Å²) in [6.07, 6.45) is -8.40. The number of halogens is 3. The van der Waals surface area contributed by atoms with Crippen LogP contribution >= 0.6 is 0 Å². The number of hydrogen-bond acceptors (Lipinski definition) is 22. The Morgan fingerprint density at radius 3 is 1.64 bits per heavy atom. The van der Waals surface area contributed by atoms with Crippen molar-refractivity contribution in [2.24, 2.45) is 35.3 Å². The lowest BCUT2D eigenvalue weighted by Crippen LogP contribution is -2.60. The van der Waals surface area contributed by atoms with Crippen LogP contribution in [0.4, 0.5) is 28.4 Å². The summed E-state index contributed by atoms with van der Waals surface area (Å²) in [6, 6.07) is 5.61. The van der Waals surface area contributed by atoms with Crippen molar-refractivity contribution in [1.82, 2.24) is 51.5 Å². The average Bonchev–Trinajstić information content (AvgIpc) is 1.37. The van der Waals surface area contributed by atoms with Crippen molar-refractivity contribution in [1.29, 1.82) is 0 Å². The Morgan fingerprint density at radius 1 is 0.610 bits per heavy atom. The van der Waals surface area contributed by atoms with Crippen molar-refractivity contribution in [2.45, 2.75) is 200 Å². The average molecular weight is 1680 g/mol. The Morgan fingerprint density at radius 2 is 1.15 bits per heavy atom. The molecule has 37 heteroatoms. The number of likely N-dealkylation sites (N-methyl/N-ethyl adjacent to an activating group) is 2. The number of anilines is 1. The maximum absolute atomic E-state index is 14.9. The zero-order valence-corrected chi connectivity index (χ0v) is 71.0. The van der Waals surface area contributed by atoms with Gasteiger partial charge >= 0.3 is 24.2 Å². The molecule has 668 valence electrons. The summed E-state index contributed by atoms with van der Waals surface area (Å²) in [5.74, 6) is -10.2. The number of alkyl halides is 3. The van der Waals surface area contributed by atoms with E-state index in [1.54, 1.807) is 109 Å². The van der Waals surface area contributed by atoms with Crippen LogP contribution in [-0.4, -0.2) is 304 Å². The van der Waals surface area contributed by atoms with Crippen molar-refractivity contribution in [3.63, 3.8) is 0 Å². The van der Waals surface area contributed by atoms with Gasteiger partial charge in [-0.05, 0) is 86.0 Å². The van der Waals surface area contributed by atoms with Gasteiger partial charge in [0, 0.05) is 66.6 Å². The van der Waals surface area contributed by atoms with E-state index < -0.39 is 163 Å². The number of carbonyl (C=O) groups excluding carboxylic acids is 11. The number of primary amides is 1. The molecule has 2 heterocycles. The number of benzene rings is 2. The molecule has 34 nitrogen and oxygen atoms in total. The Bertz CT molecular complexity index is 3370.